The first-order valence-electron chi connectivity index (χ1n) is 6.75. The Bertz CT molecular complexity index is 349. The van der Waals surface area contributed by atoms with Crippen molar-refractivity contribution < 1.29 is 0 Å². The van der Waals surface area contributed by atoms with Crippen LogP contribution in [-0.2, 0) is 6.42 Å². The minimum Gasteiger partial charge on any atom is -0.320 e. The molecule has 94 valence electrons. The lowest BCUT2D eigenvalue weighted by molar-refractivity contribution is 0.219. The highest BCUT2D eigenvalue weighted by atomic mass is 15.1. The van der Waals surface area contributed by atoms with Crippen molar-refractivity contribution in [3.05, 3.63) is 35.4 Å². The standard InChI is InChI=1S/C15H24N2/c1-16-11-6-12-17(2)15-10-5-8-13-7-3-4-9-14(13)15/h3-4,7,9,15-16H,5-6,8,10-12H2,1-2H3. The zero-order valence-electron chi connectivity index (χ0n) is 11.1. The molecular weight excluding hydrogens is 208 g/mol. The van der Waals surface area contributed by atoms with Crippen molar-refractivity contribution in [3.63, 3.8) is 0 Å². The van der Waals surface area contributed by atoms with Gasteiger partial charge in [0, 0.05) is 6.04 Å². The highest BCUT2D eigenvalue weighted by Crippen LogP contribution is 2.33. The van der Waals surface area contributed by atoms with E-state index in [4.69, 9.17) is 0 Å². The van der Waals surface area contributed by atoms with Gasteiger partial charge in [0.15, 0.2) is 0 Å². The van der Waals surface area contributed by atoms with E-state index in [1.165, 1.54) is 32.2 Å². The number of hydrogen-bond donors (Lipinski definition) is 1. The molecule has 2 rings (SSSR count). The normalized spacial score (nSPS) is 19.4. The van der Waals surface area contributed by atoms with E-state index in [0.717, 1.165) is 6.54 Å². The number of nitrogens with one attached hydrogen (secondary N) is 1. The predicted molar refractivity (Wildman–Crippen MR) is 73.3 cm³/mol. The van der Waals surface area contributed by atoms with Gasteiger partial charge in [-0.1, -0.05) is 24.3 Å². The Hall–Kier alpha value is -0.860. The van der Waals surface area contributed by atoms with Gasteiger partial charge in [-0.2, -0.15) is 0 Å². The third kappa shape index (κ3) is 3.08. The molecule has 1 aromatic rings. The second-order valence-electron chi connectivity index (χ2n) is 5.04. The van der Waals surface area contributed by atoms with Crippen molar-refractivity contribution in [3.8, 4) is 0 Å². The Kier molecular flexibility index (Phi) is 4.57. The molecule has 1 aliphatic carbocycles. The molecule has 0 radical (unpaired) electrons. The molecule has 0 aliphatic heterocycles. The molecule has 0 amide bonds. The fourth-order valence-corrected chi connectivity index (χ4v) is 2.85. The van der Waals surface area contributed by atoms with Gasteiger partial charge in [-0.05, 0) is 64.0 Å². The van der Waals surface area contributed by atoms with Gasteiger partial charge in [-0.3, -0.25) is 4.90 Å². The quantitative estimate of drug-likeness (QED) is 0.785. The zero-order chi connectivity index (χ0) is 12.1. The van der Waals surface area contributed by atoms with Crippen LogP contribution < -0.4 is 5.32 Å². The van der Waals surface area contributed by atoms with Crippen molar-refractivity contribution in [2.45, 2.75) is 31.7 Å². The molecule has 2 nitrogen and oxygen atoms in total. The van der Waals surface area contributed by atoms with Crippen LogP contribution in [0.25, 0.3) is 0 Å². The largest absolute Gasteiger partial charge is 0.320 e. The van der Waals surface area contributed by atoms with Crippen molar-refractivity contribution >= 4 is 0 Å². The van der Waals surface area contributed by atoms with E-state index in [2.05, 4.69) is 41.5 Å². The molecule has 1 atom stereocenters. The summed E-state index contributed by atoms with van der Waals surface area (Å²) >= 11 is 0. The Morgan fingerprint density at radius 2 is 2.18 bits per heavy atom. The van der Waals surface area contributed by atoms with E-state index in [9.17, 15) is 0 Å². The van der Waals surface area contributed by atoms with Gasteiger partial charge in [0.2, 0.25) is 0 Å². The summed E-state index contributed by atoms with van der Waals surface area (Å²) in [5.74, 6) is 0. The average Bonchev–Trinajstić information content (AvgIpc) is 2.38. The van der Waals surface area contributed by atoms with Crippen LogP contribution in [0.2, 0.25) is 0 Å². The number of hydrogen-bond acceptors (Lipinski definition) is 2. The molecule has 2 heteroatoms. The first kappa shape index (κ1) is 12.6. The molecule has 0 heterocycles. The van der Waals surface area contributed by atoms with Crippen LogP contribution in [0.15, 0.2) is 24.3 Å². The summed E-state index contributed by atoms with van der Waals surface area (Å²) in [5.41, 5.74) is 3.12. The lowest BCUT2D eigenvalue weighted by Crippen LogP contribution is -2.30. The van der Waals surface area contributed by atoms with Crippen molar-refractivity contribution in [2.24, 2.45) is 0 Å². The molecule has 1 aliphatic rings. The van der Waals surface area contributed by atoms with Crippen LogP contribution in [0.1, 0.15) is 36.4 Å². The number of aryl methyl sites for hydroxylation is 1. The molecule has 0 fully saturated rings. The zero-order valence-corrected chi connectivity index (χ0v) is 11.1. The van der Waals surface area contributed by atoms with E-state index in [1.54, 1.807) is 11.1 Å². The molecule has 0 aromatic heterocycles. The summed E-state index contributed by atoms with van der Waals surface area (Å²) in [7, 11) is 4.29. The average molecular weight is 232 g/mol. The first-order valence-corrected chi connectivity index (χ1v) is 6.75. The topological polar surface area (TPSA) is 15.3 Å². The van der Waals surface area contributed by atoms with Crippen molar-refractivity contribution in [1.29, 1.82) is 0 Å². The minimum absolute atomic E-state index is 0.636. The van der Waals surface area contributed by atoms with E-state index in [1.807, 2.05) is 7.05 Å². The first-order chi connectivity index (χ1) is 8.33. The fourth-order valence-electron chi connectivity index (χ4n) is 2.85. The second-order valence-corrected chi connectivity index (χ2v) is 5.04. The smallest absolute Gasteiger partial charge is 0.0347 e. The van der Waals surface area contributed by atoms with Gasteiger partial charge in [-0.15, -0.1) is 0 Å². The Morgan fingerprint density at radius 3 is 3.00 bits per heavy atom. The van der Waals surface area contributed by atoms with Gasteiger partial charge in [-0.25, -0.2) is 0 Å². The van der Waals surface area contributed by atoms with Crippen LogP contribution in [-0.4, -0.2) is 32.1 Å². The van der Waals surface area contributed by atoms with Gasteiger partial charge >= 0.3 is 0 Å². The van der Waals surface area contributed by atoms with E-state index in [-0.39, 0.29) is 0 Å². The summed E-state index contributed by atoms with van der Waals surface area (Å²) in [6, 6.07) is 9.59. The highest BCUT2D eigenvalue weighted by molar-refractivity contribution is 5.32. The van der Waals surface area contributed by atoms with Crippen LogP contribution in [0, 0.1) is 0 Å². The van der Waals surface area contributed by atoms with Gasteiger partial charge in [0.1, 0.15) is 0 Å². The van der Waals surface area contributed by atoms with Gasteiger partial charge in [0.05, 0.1) is 0 Å². The molecule has 1 N–H and O–H groups in total. The minimum atomic E-state index is 0.636. The maximum atomic E-state index is 3.22. The number of nitrogens with zero attached hydrogens (tertiary/aromatic N) is 1. The van der Waals surface area contributed by atoms with Crippen LogP contribution in [0.4, 0.5) is 0 Å². The fraction of sp³-hybridized carbons (Fsp3) is 0.600. The van der Waals surface area contributed by atoms with Crippen molar-refractivity contribution in [1.82, 2.24) is 10.2 Å². The summed E-state index contributed by atoms with van der Waals surface area (Å²) in [4.78, 5) is 2.52. The lowest BCUT2D eigenvalue weighted by Gasteiger charge is -2.33. The maximum Gasteiger partial charge on any atom is 0.0347 e. The maximum absolute atomic E-state index is 3.22. The summed E-state index contributed by atoms with van der Waals surface area (Å²) in [6.45, 7) is 2.29. The Balaban J connectivity index is 2.02. The molecule has 1 aromatic carbocycles. The Labute approximate surface area is 105 Å². The summed E-state index contributed by atoms with van der Waals surface area (Å²) in [6.07, 6.45) is 5.13. The van der Waals surface area contributed by atoms with Gasteiger partial charge < -0.3 is 5.32 Å². The number of rotatable bonds is 5. The molecule has 1 unspecified atom stereocenters. The number of benzene rings is 1. The monoisotopic (exact) mass is 232 g/mol. The third-order valence-corrected chi connectivity index (χ3v) is 3.81. The molecule has 0 bridgehead atoms. The molecule has 0 spiro atoms. The van der Waals surface area contributed by atoms with Crippen molar-refractivity contribution in [2.75, 3.05) is 27.2 Å². The van der Waals surface area contributed by atoms with Crippen LogP contribution in [0.3, 0.4) is 0 Å². The predicted octanol–water partition coefficient (Wildman–Crippen LogP) is 2.61. The molecular formula is C15H24N2. The molecule has 17 heavy (non-hydrogen) atoms. The Morgan fingerprint density at radius 1 is 1.35 bits per heavy atom. The van der Waals surface area contributed by atoms with Crippen LogP contribution in [0.5, 0.6) is 0 Å². The number of fused-ring (bicyclic) bond motifs is 1. The van der Waals surface area contributed by atoms with E-state index >= 15 is 0 Å². The molecule has 0 saturated carbocycles. The highest BCUT2D eigenvalue weighted by Gasteiger charge is 2.22. The molecule has 0 saturated heterocycles. The second kappa shape index (κ2) is 6.18. The summed E-state index contributed by atoms with van der Waals surface area (Å²) in [5, 5.41) is 3.22. The van der Waals surface area contributed by atoms with Gasteiger partial charge in [0.25, 0.3) is 0 Å². The van der Waals surface area contributed by atoms with E-state index in [0.29, 0.717) is 6.04 Å². The lowest BCUT2D eigenvalue weighted by atomic mass is 9.87. The van der Waals surface area contributed by atoms with E-state index < -0.39 is 0 Å². The summed E-state index contributed by atoms with van der Waals surface area (Å²) < 4.78 is 0. The SMILES string of the molecule is CNCCCN(C)C1CCCc2ccccc21. The van der Waals surface area contributed by atoms with Crippen LogP contribution >= 0.6 is 0 Å². The third-order valence-electron chi connectivity index (χ3n) is 3.81.